The van der Waals surface area contributed by atoms with Crippen LogP contribution in [0.3, 0.4) is 0 Å². The summed E-state index contributed by atoms with van der Waals surface area (Å²) in [7, 11) is 3.29. The van der Waals surface area contributed by atoms with Crippen LogP contribution in [0, 0.1) is 0 Å². The number of carbonyl (C=O) groups is 2. The summed E-state index contributed by atoms with van der Waals surface area (Å²) in [6, 6.07) is 17.9. The van der Waals surface area contributed by atoms with Gasteiger partial charge in [0.05, 0.1) is 35.4 Å². The molecule has 1 heterocycles. The number of nitrogens with zero attached hydrogens (tertiary/aromatic N) is 1. The van der Waals surface area contributed by atoms with Crippen LogP contribution in [0.25, 0.3) is 0 Å². The third kappa shape index (κ3) is 4.23. The maximum absolute atomic E-state index is 12.8. The lowest BCUT2D eigenvalue weighted by Crippen LogP contribution is -2.39. The Labute approximate surface area is 219 Å². The molecule has 6 nitrogen and oxygen atoms in total. The summed E-state index contributed by atoms with van der Waals surface area (Å²) in [6.45, 7) is 0. The summed E-state index contributed by atoms with van der Waals surface area (Å²) in [5.74, 6) is -0.527. The van der Waals surface area contributed by atoms with E-state index in [0.29, 0.717) is 22.6 Å². The van der Waals surface area contributed by atoms with Crippen LogP contribution in [0.15, 0.2) is 60.7 Å². The molecule has 4 atom stereocenters. The Morgan fingerprint density at radius 3 is 1.83 bits per heavy atom. The summed E-state index contributed by atoms with van der Waals surface area (Å²) in [4.78, 5) is 26.8. The number of hydrogen-bond donors (Lipinski definition) is 1. The molecular formula is C28H26Cl2N2O4. The highest BCUT2D eigenvalue weighted by molar-refractivity contribution is 6.31. The van der Waals surface area contributed by atoms with Crippen LogP contribution in [0.5, 0.6) is 0 Å². The quantitative estimate of drug-likeness (QED) is 0.478. The SMILES string of the molecule is CO[C@H]1Cc2cc(Cl)ccc2[C@H]1N.CO[C@H]1Cc2cc(Cl)ccc2[C@H]1N1C(=O)c2ccccc2C1=O. The van der Waals surface area contributed by atoms with E-state index in [2.05, 4.69) is 0 Å². The topological polar surface area (TPSA) is 81.9 Å². The first-order valence-corrected chi connectivity index (χ1v) is 12.4. The van der Waals surface area contributed by atoms with Crippen LogP contribution in [-0.4, -0.2) is 43.1 Å². The molecule has 0 unspecified atom stereocenters. The van der Waals surface area contributed by atoms with Gasteiger partial charge in [-0.15, -0.1) is 0 Å². The first kappa shape index (κ1) is 24.9. The second-order valence-electron chi connectivity index (χ2n) is 9.14. The van der Waals surface area contributed by atoms with Gasteiger partial charge in [0.1, 0.15) is 0 Å². The Kier molecular flexibility index (Phi) is 6.90. The average molecular weight is 525 g/mol. The molecule has 36 heavy (non-hydrogen) atoms. The van der Waals surface area contributed by atoms with Gasteiger partial charge in [-0.1, -0.05) is 47.5 Å². The number of rotatable bonds is 3. The molecule has 0 spiro atoms. The highest BCUT2D eigenvalue weighted by Gasteiger charge is 2.46. The van der Waals surface area contributed by atoms with Gasteiger partial charge in [-0.25, -0.2) is 0 Å². The Morgan fingerprint density at radius 1 is 0.778 bits per heavy atom. The number of ether oxygens (including phenoxy) is 2. The van der Waals surface area contributed by atoms with Gasteiger partial charge >= 0.3 is 0 Å². The number of fused-ring (bicyclic) bond motifs is 3. The Bertz CT molecular complexity index is 1310. The van der Waals surface area contributed by atoms with Crippen LogP contribution in [0.1, 0.15) is 55.1 Å². The first-order chi connectivity index (χ1) is 17.3. The van der Waals surface area contributed by atoms with Gasteiger partial charge < -0.3 is 15.2 Å². The fourth-order valence-electron chi connectivity index (χ4n) is 5.40. The molecule has 6 rings (SSSR count). The molecule has 2 amide bonds. The minimum Gasteiger partial charge on any atom is -0.379 e. The number of methoxy groups -OCH3 is 2. The number of benzene rings is 3. The van der Waals surface area contributed by atoms with E-state index in [1.54, 1.807) is 44.6 Å². The van der Waals surface area contributed by atoms with Crippen molar-refractivity contribution < 1.29 is 19.1 Å². The van der Waals surface area contributed by atoms with Gasteiger partial charge in [0.15, 0.2) is 0 Å². The third-order valence-electron chi connectivity index (χ3n) is 7.19. The molecule has 2 N–H and O–H groups in total. The summed E-state index contributed by atoms with van der Waals surface area (Å²) >= 11 is 11.9. The number of hydrogen-bond acceptors (Lipinski definition) is 5. The van der Waals surface area contributed by atoms with E-state index in [0.717, 1.165) is 28.1 Å². The molecular weight excluding hydrogens is 499 g/mol. The van der Waals surface area contributed by atoms with E-state index in [1.807, 2.05) is 30.3 Å². The second-order valence-corrected chi connectivity index (χ2v) is 10.0. The van der Waals surface area contributed by atoms with Crippen molar-refractivity contribution in [1.29, 1.82) is 0 Å². The van der Waals surface area contributed by atoms with Gasteiger partial charge in [0, 0.05) is 37.1 Å². The molecule has 3 aromatic rings. The predicted molar refractivity (Wildman–Crippen MR) is 139 cm³/mol. The zero-order valence-corrected chi connectivity index (χ0v) is 21.4. The van der Waals surface area contributed by atoms with E-state index in [4.69, 9.17) is 38.4 Å². The highest BCUT2D eigenvalue weighted by atomic mass is 35.5. The maximum Gasteiger partial charge on any atom is 0.262 e. The number of nitrogens with two attached hydrogens (primary N) is 1. The summed E-state index contributed by atoms with van der Waals surface area (Å²) < 4.78 is 10.8. The maximum atomic E-state index is 12.8. The van der Waals surface area contributed by atoms with Crippen molar-refractivity contribution in [2.24, 2.45) is 5.73 Å². The Hall–Kier alpha value is -2.74. The van der Waals surface area contributed by atoms with E-state index >= 15 is 0 Å². The molecule has 0 saturated carbocycles. The number of halogens is 2. The third-order valence-corrected chi connectivity index (χ3v) is 7.66. The van der Waals surface area contributed by atoms with Gasteiger partial charge in [-0.2, -0.15) is 0 Å². The molecule has 3 aromatic carbocycles. The van der Waals surface area contributed by atoms with Crippen molar-refractivity contribution in [2.75, 3.05) is 14.2 Å². The van der Waals surface area contributed by atoms with E-state index < -0.39 is 6.04 Å². The first-order valence-electron chi connectivity index (χ1n) is 11.7. The largest absolute Gasteiger partial charge is 0.379 e. The van der Waals surface area contributed by atoms with Gasteiger partial charge in [-0.3, -0.25) is 14.5 Å². The molecule has 3 aliphatic rings. The standard InChI is InChI=1S/C18H14ClNO3.C10H12ClNO/c1-23-15-9-10-8-11(19)6-7-12(10)16(15)20-17(21)13-4-2-3-5-14(13)18(20)22;1-13-9-5-6-4-7(11)2-3-8(6)10(9)12/h2-8,15-16H,9H2,1H3;2-4,9-10H,5,12H2,1H3/t15-,16+;9-,10+/m00/s1. The summed E-state index contributed by atoms with van der Waals surface area (Å²) in [6.07, 6.45) is 1.34. The molecule has 0 radical (unpaired) electrons. The zero-order valence-electron chi connectivity index (χ0n) is 19.9. The highest BCUT2D eigenvalue weighted by Crippen LogP contribution is 2.42. The van der Waals surface area contributed by atoms with Crippen LogP contribution in [0.4, 0.5) is 0 Å². The molecule has 186 valence electrons. The monoisotopic (exact) mass is 524 g/mol. The molecule has 1 aliphatic heterocycles. The van der Waals surface area contributed by atoms with E-state index in [1.165, 1.54) is 10.5 Å². The van der Waals surface area contributed by atoms with Crippen molar-refractivity contribution in [1.82, 2.24) is 4.90 Å². The molecule has 2 aliphatic carbocycles. The predicted octanol–water partition coefficient (Wildman–Crippen LogP) is 5.16. The fraction of sp³-hybridized carbons (Fsp3) is 0.286. The Balaban J connectivity index is 0.000000174. The lowest BCUT2D eigenvalue weighted by molar-refractivity contribution is 0.0228. The van der Waals surface area contributed by atoms with E-state index in [9.17, 15) is 9.59 Å². The van der Waals surface area contributed by atoms with Crippen LogP contribution >= 0.6 is 23.2 Å². The minimum absolute atomic E-state index is 0.00253. The van der Waals surface area contributed by atoms with Crippen molar-refractivity contribution in [2.45, 2.75) is 37.1 Å². The van der Waals surface area contributed by atoms with Gasteiger partial charge in [0.2, 0.25) is 0 Å². The lowest BCUT2D eigenvalue weighted by Gasteiger charge is -2.27. The minimum atomic E-state index is -0.417. The van der Waals surface area contributed by atoms with Gasteiger partial charge in [0.25, 0.3) is 11.8 Å². The lowest BCUT2D eigenvalue weighted by atomic mass is 10.1. The fourth-order valence-corrected chi connectivity index (χ4v) is 5.79. The molecule has 0 bridgehead atoms. The van der Waals surface area contributed by atoms with Crippen LogP contribution < -0.4 is 5.73 Å². The number of imide groups is 1. The van der Waals surface area contributed by atoms with Crippen molar-refractivity contribution in [3.8, 4) is 0 Å². The molecule has 0 fully saturated rings. The Morgan fingerprint density at radius 2 is 1.28 bits per heavy atom. The van der Waals surface area contributed by atoms with Crippen LogP contribution in [-0.2, 0) is 22.3 Å². The molecule has 0 aromatic heterocycles. The average Bonchev–Trinajstić information content (AvgIpc) is 3.48. The summed E-state index contributed by atoms with van der Waals surface area (Å²) in [5.41, 5.74) is 11.2. The normalized spacial score (nSPS) is 23.8. The smallest absolute Gasteiger partial charge is 0.262 e. The van der Waals surface area contributed by atoms with Crippen molar-refractivity contribution >= 4 is 35.0 Å². The number of carbonyl (C=O) groups excluding carboxylic acids is 2. The van der Waals surface area contributed by atoms with Gasteiger partial charge in [-0.05, 0) is 58.7 Å². The molecule has 0 saturated heterocycles. The van der Waals surface area contributed by atoms with Crippen molar-refractivity contribution in [3.05, 3.63) is 104 Å². The number of amides is 2. The van der Waals surface area contributed by atoms with Crippen molar-refractivity contribution in [3.63, 3.8) is 0 Å². The van der Waals surface area contributed by atoms with Crippen LogP contribution in [0.2, 0.25) is 10.0 Å². The summed E-state index contributed by atoms with van der Waals surface area (Å²) in [5, 5.41) is 1.41. The molecule has 8 heteroatoms. The second kappa shape index (κ2) is 9.96. The zero-order chi connectivity index (χ0) is 25.6. The van der Waals surface area contributed by atoms with E-state index in [-0.39, 0.29) is 30.1 Å².